The van der Waals surface area contributed by atoms with Crippen molar-refractivity contribution in [2.24, 2.45) is 5.92 Å². The van der Waals surface area contributed by atoms with Crippen LogP contribution in [0.4, 0.5) is 11.4 Å². The second-order valence-corrected chi connectivity index (χ2v) is 7.39. The Bertz CT molecular complexity index is 1120. The summed E-state index contributed by atoms with van der Waals surface area (Å²) in [4.78, 5) is 29.9. The molecule has 0 saturated carbocycles. The molecule has 1 atom stereocenters. The second-order valence-electron chi connectivity index (χ2n) is 7.01. The molecule has 1 aliphatic rings. The largest absolute Gasteiger partial charge is 0.494 e. The first kappa shape index (κ1) is 19.9. The van der Waals surface area contributed by atoms with Gasteiger partial charge in [0.1, 0.15) is 5.75 Å². The number of ether oxygens (including phenoxy) is 1. The molecule has 30 heavy (non-hydrogen) atoms. The van der Waals surface area contributed by atoms with E-state index < -0.39 is 5.92 Å². The fraction of sp³-hybridized carbons (Fsp3) is 0.227. The number of amides is 2. The van der Waals surface area contributed by atoms with Gasteiger partial charge in [-0.15, -0.1) is 0 Å². The average Bonchev–Trinajstić information content (AvgIpc) is 3.35. The van der Waals surface area contributed by atoms with Crippen LogP contribution in [0.25, 0.3) is 5.69 Å². The molecule has 154 valence electrons. The molecule has 4 rings (SSSR count). The lowest BCUT2D eigenvalue weighted by molar-refractivity contribution is -0.122. The van der Waals surface area contributed by atoms with Gasteiger partial charge in [-0.3, -0.25) is 14.2 Å². The summed E-state index contributed by atoms with van der Waals surface area (Å²) >= 11 is 5.25. The van der Waals surface area contributed by atoms with Gasteiger partial charge in [0.05, 0.1) is 12.5 Å². The lowest BCUT2D eigenvalue weighted by atomic mass is 10.1. The molecule has 1 unspecified atom stereocenters. The predicted molar refractivity (Wildman–Crippen MR) is 118 cm³/mol. The molecule has 0 radical (unpaired) electrons. The molecular weight excluding hydrogens is 400 g/mol. The third-order valence-corrected chi connectivity index (χ3v) is 5.31. The van der Waals surface area contributed by atoms with Crippen LogP contribution in [0.1, 0.15) is 13.3 Å². The Morgan fingerprint density at radius 2 is 2.03 bits per heavy atom. The second kappa shape index (κ2) is 8.54. The number of hydrogen-bond donors (Lipinski definition) is 2. The van der Waals surface area contributed by atoms with Crippen LogP contribution in [0, 0.1) is 10.7 Å². The molecule has 7 nitrogen and oxygen atoms in total. The van der Waals surface area contributed by atoms with Crippen LogP contribution in [-0.4, -0.2) is 34.5 Å². The minimum atomic E-state index is -0.415. The van der Waals surface area contributed by atoms with Crippen molar-refractivity contribution in [3.8, 4) is 11.4 Å². The van der Waals surface area contributed by atoms with Crippen molar-refractivity contribution in [1.29, 1.82) is 0 Å². The number of carbonyl (C=O) groups excluding carboxylic acids is 2. The molecular formula is C22H22N4O3S. The van der Waals surface area contributed by atoms with Gasteiger partial charge in [0.25, 0.3) is 0 Å². The van der Waals surface area contributed by atoms with Crippen LogP contribution >= 0.6 is 12.2 Å². The zero-order valence-electron chi connectivity index (χ0n) is 16.5. The van der Waals surface area contributed by atoms with Crippen LogP contribution in [0.15, 0.2) is 60.9 Å². The van der Waals surface area contributed by atoms with Crippen molar-refractivity contribution in [1.82, 2.24) is 9.55 Å². The zero-order chi connectivity index (χ0) is 21.1. The monoisotopic (exact) mass is 422 g/mol. The van der Waals surface area contributed by atoms with Gasteiger partial charge in [0.15, 0.2) is 4.77 Å². The highest BCUT2D eigenvalue weighted by Gasteiger charge is 2.35. The first-order valence-electron chi connectivity index (χ1n) is 9.75. The summed E-state index contributed by atoms with van der Waals surface area (Å²) in [5, 5.41) is 2.93. The third-order valence-electron chi connectivity index (χ3n) is 5.00. The zero-order valence-corrected chi connectivity index (χ0v) is 17.3. The number of hydrogen-bond acceptors (Lipinski definition) is 4. The number of rotatable bonds is 6. The van der Waals surface area contributed by atoms with Gasteiger partial charge in [-0.25, -0.2) is 0 Å². The Labute approximate surface area is 179 Å². The molecule has 2 heterocycles. The number of carbonyl (C=O) groups is 2. The van der Waals surface area contributed by atoms with E-state index in [0.29, 0.717) is 23.6 Å². The maximum atomic E-state index is 12.8. The molecule has 0 aliphatic carbocycles. The normalized spacial score (nSPS) is 16.0. The van der Waals surface area contributed by atoms with Gasteiger partial charge in [0.2, 0.25) is 11.8 Å². The maximum Gasteiger partial charge on any atom is 0.229 e. The van der Waals surface area contributed by atoms with E-state index in [1.807, 2.05) is 66.2 Å². The summed E-state index contributed by atoms with van der Waals surface area (Å²) in [6.07, 6.45) is 3.77. The highest BCUT2D eigenvalue weighted by Crippen LogP contribution is 2.28. The van der Waals surface area contributed by atoms with Crippen molar-refractivity contribution >= 4 is 35.4 Å². The quantitative estimate of drug-likeness (QED) is 0.590. The molecule has 8 heteroatoms. The summed E-state index contributed by atoms with van der Waals surface area (Å²) < 4.78 is 7.83. The van der Waals surface area contributed by atoms with E-state index in [-0.39, 0.29) is 18.2 Å². The molecule has 2 aromatic carbocycles. The lowest BCUT2D eigenvalue weighted by Gasteiger charge is -2.17. The molecule has 1 aliphatic heterocycles. The van der Waals surface area contributed by atoms with Crippen LogP contribution < -0.4 is 15.0 Å². The van der Waals surface area contributed by atoms with Crippen molar-refractivity contribution in [2.45, 2.75) is 13.3 Å². The summed E-state index contributed by atoms with van der Waals surface area (Å²) in [5.74, 6) is 0.102. The number of aromatic amines is 1. The minimum absolute atomic E-state index is 0.0633. The highest BCUT2D eigenvalue weighted by molar-refractivity contribution is 7.71. The Hall–Kier alpha value is -3.39. The fourth-order valence-electron chi connectivity index (χ4n) is 3.52. The van der Waals surface area contributed by atoms with E-state index in [1.54, 1.807) is 11.1 Å². The van der Waals surface area contributed by atoms with Gasteiger partial charge < -0.3 is 19.9 Å². The summed E-state index contributed by atoms with van der Waals surface area (Å²) in [6, 6.07) is 14.8. The van der Waals surface area contributed by atoms with Crippen molar-refractivity contribution in [3.05, 3.63) is 65.7 Å². The number of nitrogens with one attached hydrogen (secondary N) is 2. The number of benzene rings is 2. The number of aromatic nitrogens is 2. The van der Waals surface area contributed by atoms with Gasteiger partial charge in [0, 0.05) is 42.4 Å². The molecule has 1 fully saturated rings. The number of H-pyrrole nitrogens is 1. The van der Waals surface area contributed by atoms with Crippen molar-refractivity contribution in [2.75, 3.05) is 23.4 Å². The van der Waals surface area contributed by atoms with Crippen LogP contribution in [0.2, 0.25) is 0 Å². The summed E-state index contributed by atoms with van der Waals surface area (Å²) in [5.41, 5.74) is 2.27. The number of anilines is 2. The highest BCUT2D eigenvalue weighted by atomic mass is 32.1. The average molecular weight is 423 g/mol. The van der Waals surface area contributed by atoms with E-state index in [2.05, 4.69) is 10.3 Å². The molecule has 3 aromatic rings. The van der Waals surface area contributed by atoms with E-state index >= 15 is 0 Å². The first-order valence-corrected chi connectivity index (χ1v) is 10.2. The molecule has 2 amide bonds. The molecule has 0 spiro atoms. The maximum absolute atomic E-state index is 12.8. The van der Waals surface area contributed by atoms with Crippen LogP contribution in [0.3, 0.4) is 0 Å². The SMILES string of the molecule is CCOc1ccc(N2CC(C(=O)Nc3cccc(-n4cc[nH]c4=S)c3)CC2=O)cc1. The molecule has 1 aromatic heterocycles. The fourth-order valence-corrected chi connectivity index (χ4v) is 3.76. The Kier molecular flexibility index (Phi) is 5.67. The van der Waals surface area contributed by atoms with Gasteiger partial charge >= 0.3 is 0 Å². The van der Waals surface area contributed by atoms with Crippen molar-refractivity contribution < 1.29 is 14.3 Å². The third kappa shape index (κ3) is 4.13. The van der Waals surface area contributed by atoms with E-state index in [4.69, 9.17) is 17.0 Å². The van der Waals surface area contributed by atoms with Crippen LogP contribution in [0.5, 0.6) is 5.75 Å². The van der Waals surface area contributed by atoms with Crippen LogP contribution in [-0.2, 0) is 9.59 Å². The van der Waals surface area contributed by atoms with Gasteiger partial charge in [-0.05, 0) is 61.6 Å². The van der Waals surface area contributed by atoms with Gasteiger partial charge in [-0.1, -0.05) is 6.07 Å². The Morgan fingerprint density at radius 3 is 2.73 bits per heavy atom. The smallest absolute Gasteiger partial charge is 0.229 e. The number of imidazole rings is 1. The minimum Gasteiger partial charge on any atom is -0.494 e. The predicted octanol–water partition coefficient (Wildman–Crippen LogP) is 3.93. The number of nitrogens with zero attached hydrogens (tertiary/aromatic N) is 2. The van der Waals surface area contributed by atoms with Crippen molar-refractivity contribution in [3.63, 3.8) is 0 Å². The van der Waals surface area contributed by atoms with Gasteiger partial charge in [-0.2, -0.15) is 0 Å². The molecule has 0 bridgehead atoms. The summed E-state index contributed by atoms with van der Waals surface area (Å²) in [7, 11) is 0. The van der Waals surface area contributed by atoms with E-state index in [0.717, 1.165) is 17.1 Å². The Balaban J connectivity index is 1.44. The topological polar surface area (TPSA) is 79.4 Å². The standard InChI is InChI=1S/C22H22N4O3S/c1-2-29-19-8-6-17(7-9-19)26-14-15(12-20(26)27)21(28)24-16-4-3-5-18(13-16)25-11-10-23-22(25)30/h3-11,13,15H,2,12,14H2,1H3,(H,23,30)(H,24,28). The summed E-state index contributed by atoms with van der Waals surface area (Å²) in [6.45, 7) is 2.85. The van der Waals surface area contributed by atoms with E-state index in [9.17, 15) is 9.59 Å². The lowest BCUT2D eigenvalue weighted by Crippen LogP contribution is -2.28. The Morgan fingerprint density at radius 1 is 1.23 bits per heavy atom. The van der Waals surface area contributed by atoms with E-state index in [1.165, 1.54) is 0 Å². The first-order chi connectivity index (χ1) is 14.5. The molecule has 2 N–H and O–H groups in total. The molecule has 1 saturated heterocycles.